The fourth-order valence-electron chi connectivity index (χ4n) is 4.19. The molecule has 33 heavy (non-hydrogen) atoms. The summed E-state index contributed by atoms with van der Waals surface area (Å²) in [6, 6.07) is 13.4. The van der Waals surface area contributed by atoms with E-state index < -0.39 is 10.0 Å². The molecule has 2 aromatic rings. The molecule has 0 aromatic heterocycles. The number of nitrogens with one attached hydrogen (secondary N) is 1. The van der Waals surface area contributed by atoms with Gasteiger partial charge in [0.05, 0.1) is 31.2 Å². The molecule has 0 radical (unpaired) electrons. The van der Waals surface area contributed by atoms with Crippen molar-refractivity contribution in [3.8, 4) is 11.5 Å². The summed E-state index contributed by atoms with van der Waals surface area (Å²) in [5, 5.41) is 2.95. The summed E-state index contributed by atoms with van der Waals surface area (Å²) in [5.41, 5.74) is 0.919. The number of benzene rings is 2. The number of hydrogen-bond acceptors (Lipinski definition) is 5. The predicted molar refractivity (Wildman–Crippen MR) is 128 cm³/mol. The molecule has 1 amide bonds. The molecule has 1 atom stereocenters. The zero-order chi connectivity index (χ0) is 23.8. The van der Waals surface area contributed by atoms with E-state index in [4.69, 9.17) is 9.47 Å². The molecule has 2 aromatic carbocycles. The molecular formula is C25H34N2O5S. The van der Waals surface area contributed by atoms with Gasteiger partial charge in [0.25, 0.3) is 0 Å². The lowest BCUT2D eigenvalue weighted by Crippen LogP contribution is -2.47. The van der Waals surface area contributed by atoms with Crippen LogP contribution in [0, 0.1) is 0 Å². The van der Waals surface area contributed by atoms with Gasteiger partial charge in [-0.05, 0) is 68.7 Å². The third kappa shape index (κ3) is 6.48. The third-order valence-electron chi connectivity index (χ3n) is 6.02. The minimum absolute atomic E-state index is 0.174. The van der Waals surface area contributed by atoms with Crippen LogP contribution in [0.15, 0.2) is 53.4 Å². The zero-order valence-electron chi connectivity index (χ0n) is 19.6. The van der Waals surface area contributed by atoms with Crippen LogP contribution >= 0.6 is 0 Å². The number of methoxy groups -OCH3 is 1. The summed E-state index contributed by atoms with van der Waals surface area (Å²) < 4.78 is 39.1. The van der Waals surface area contributed by atoms with Gasteiger partial charge in [-0.2, -0.15) is 4.31 Å². The van der Waals surface area contributed by atoms with Crippen molar-refractivity contribution in [1.29, 1.82) is 0 Å². The largest absolute Gasteiger partial charge is 0.497 e. The van der Waals surface area contributed by atoms with E-state index in [1.807, 2.05) is 38.1 Å². The molecule has 0 saturated heterocycles. The quantitative estimate of drug-likeness (QED) is 0.555. The molecule has 0 spiro atoms. The maximum Gasteiger partial charge on any atom is 0.243 e. The molecule has 8 heteroatoms. The summed E-state index contributed by atoms with van der Waals surface area (Å²) in [5.74, 6) is 1.03. The molecule has 1 aliphatic carbocycles. The van der Waals surface area contributed by atoms with Gasteiger partial charge in [-0.25, -0.2) is 8.42 Å². The van der Waals surface area contributed by atoms with E-state index in [0.29, 0.717) is 12.4 Å². The van der Waals surface area contributed by atoms with E-state index in [9.17, 15) is 13.2 Å². The average Bonchev–Trinajstić information content (AvgIpc) is 2.83. The minimum atomic E-state index is -3.84. The van der Waals surface area contributed by atoms with Crippen LogP contribution in [-0.4, -0.2) is 44.9 Å². The van der Waals surface area contributed by atoms with Crippen LogP contribution in [0.4, 0.5) is 0 Å². The molecule has 3 rings (SSSR count). The van der Waals surface area contributed by atoms with E-state index in [2.05, 4.69) is 5.32 Å². The second-order valence-electron chi connectivity index (χ2n) is 8.31. The normalized spacial score (nSPS) is 15.8. The lowest BCUT2D eigenvalue weighted by atomic mass is 9.95. The van der Waals surface area contributed by atoms with Gasteiger partial charge >= 0.3 is 0 Å². The fraction of sp³-hybridized carbons (Fsp3) is 0.480. The Morgan fingerprint density at radius 2 is 1.64 bits per heavy atom. The van der Waals surface area contributed by atoms with Crippen molar-refractivity contribution in [3.63, 3.8) is 0 Å². The van der Waals surface area contributed by atoms with Crippen molar-refractivity contribution in [2.24, 2.45) is 0 Å². The number of carbonyl (C=O) groups is 1. The maximum atomic E-state index is 13.6. The topological polar surface area (TPSA) is 84.9 Å². The van der Waals surface area contributed by atoms with Crippen molar-refractivity contribution in [3.05, 3.63) is 54.1 Å². The zero-order valence-corrected chi connectivity index (χ0v) is 20.4. The van der Waals surface area contributed by atoms with Gasteiger partial charge in [0.2, 0.25) is 15.9 Å². The number of nitrogens with zero attached hydrogens (tertiary/aromatic N) is 1. The van der Waals surface area contributed by atoms with Crippen LogP contribution in [0.5, 0.6) is 11.5 Å². The second kappa shape index (κ2) is 11.5. The lowest BCUT2D eigenvalue weighted by molar-refractivity contribution is -0.122. The molecule has 1 saturated carbocycles. The Morgan fingerprint density at radius 1 is 1.03 bits per heavy atom. The standard InChI is InChI=1S/C25H34N2O5S/c1-4-32-23-14-16-24(17-15-23)33(29,30)27(21-8-6-5-7-9-21)18-25(28)26-19(2)20-10-12-22(31-3)13-11-20/h10-17,19,21H,4-9,18H2,1-3H3,(H,26,28)/t19-/m0/s1. The Hall–Kier alpha value is -2.58. The van der Waals surface area contributed by atoms with E-state index in [1.165, 1.54) is 4.31 Å². The first-order chi connectivity index (χ1) is 15.8. The summed E-state index contributed by atoms with van der Waals surface area (Å²) in [4.78, 5) is 13.1. The number of hydrogen-bond donors (Lipinski definition) is 1. The Balaban J connectivity index is 1.77. The number of sulfonamides is 1. The second-order valence-corrected chi connectivity index (χ2v) is 10.2. The van der Waals surface area contributed by atoms with Gasteiger partial charge in [-0.15, -0.1) is 0 Å². The van der Waals surface area contributed by atoms with E-state index in [-0.39, 0.29) is 29.4 Å². The van der Waals surface area contributed by atoms with Crippen LogP contribution in [0.25, 0.3) is 0 Å². The third-order valence-corrected chi connectivity index (χ3v) is 7.93. The molecule has 0 unspecified atom stereocenters. The molecule has 0 heterocycles. The molecule has 180 valence electrons. The number of ether oxygens (including phenoxy) is 2. The SMILES string of the molecule is CCOc1ccc(S(=O)(=O)N(CC(=O)N[C@@H](C)c2ccc(OC)cc2)C2CCCCC2)cc1. The first kappa shape index (κ1) is 25.1. The molecular weight excluding hydrogens is 440 g/mol. The molecule has 7 nitrogen and oxygen atoms in total. The first-order valence-electron chi connectivity index (χ1n) is 11.5. The Labute approximate surface area is 197 Å². The minimum Gasteiger partial charge on any atom is -0.497 e. The van der Waals surface area contributed by atoms with Gasteiger partial charge in [0, 0.05) is 6.04 Å². The van der Waals surface area contributed by atoms with Crippen molar-refractivity contribution < 1.29 is 22.7 Å². The summed E-state index contributed by atoms with van der Waals surface area (Å²) in [7, 11) is -2.23. The maximum absolute atomic E-state index is 13.6. The van der Waals surface area contributed by atoms with Crippen LogP contribution in [0.1, 0.15) is 57.6 Å². The summed E-state index contributed by atoms with van der Waals surface area (Å²) in [6.07, 6.45) is 4.54. The molecule has 0 bridgehead atoms. The Bertz CT molecular complexity index is 1000. The molecule has 1 aliphatic rings. The highest BCUT2D eigenvalue weighted by molar-refractivity contribution is 7.89. The van der Waals surface area contributed by atoms with Gasteiger partial charge in [-0.1, -0.05) is 31.4 Å². The molecule has 0 aliphatic heterocycles. The van der Waals surface area contributed by atoms with Crippen molar-refractivity contribution in [2.45, 2.75) is 62.9 Å². The van der Waals surface area contributed by atoms with E-state index in [0.717, 1.165) is 43.4 Å². The highest BCUT2D eigenvalue weighted by Crippen LogP contribution is 2.29. The number of amides is 1. The lowest BCUT2D eigenvalue weighted by Gasteiger charge is -2.33. The monoisotopic (exact) mass is 474 g/mol. The summed E-state index contributed by atoms with van der Waals surface area (Å²) >= 11 is 0. The smallest absolute Gasteiger partial charge is 0.243 e. The number of rotatable bonds is 10. The first-order valence-corrected chi connectivity index (χ1v) is 13.0. The van der Waals surface area contributed by atoms with E-state index >= 15 is 0 Å². The predicted octanol–water partition coefficient (Wildman–Crippen LogP) is 4.29. The van der Waals surface area contributed by atoms with Crippen LogP contribution < -0.4 is 14.8 Å². The highest BCUT2D eigenvalue weighted by Gasteiger charge is 2.34. The Morgan fingerprint density at radius 3 is 2.21 bits per heavy atom. The van der Waals surface area contributed by atoms with Gasteiger partial charge in [0.15, 0.2) is 0 Å². The van der Waals surface area contributed by atoms with E-state index in [1.54, 1.807) is 31.4 Å². The van der Waals surface area contributed by atoms with Crippen molar-refractivity contribution >= 4 is 15.9 Å². The van der Waals surface area contributed by atoms with Crippen molar-refractivity contribution in [2.75, 3.05) is 20.3 Å². The van der Waals surface area contributed by atoms with Crippen LogP contribution in [-0.2, 0) is 14.8 Å². The van der Waals surface area contributed by atoms with Gasteiger partial charge in [-0.3, -0.25) is 4.79 Å². The molecule has 1 N–H and O–H groups in total. The number of carbonyl (C=O) groups excluding carboxylic acids is 1. The average molecular weight is 475 g/mol. The van der Waals surface area contributed by atoms with Crippen LogP contribution in [0.3, 0.4) is 0 Å². The Kier molecular flexibility index (Phi) is 8.74. The highest BCUT2D eigenvalue weighted by atomic mass is 32.2. The van der Waals surface area contributed by atoms with Crippen molar-refractivity contribution in [1.82, 2.24) is 9.62 Å². The van der Waals surface area contributed by atoms with Crippen LogP contribution in [0.2, 0.25) is 0 Å². The van der Waals surface area contributed by atoms with Gasteiger partial charge in [0.1, 0.15) is 11.5 Å². The fourth-order valence-corrected chi connectivity index (χ4v) is 5.84. The van der Waals surface area contributed by atoms with Gasteiger partial charge < -0.3 is 14.8 Å². The summed E-state index contributed by atoms with van der Waals surface area (Å²) in [6.45, 7) is 4.06. The molecule has 1 fully saturated rings.